The fourth-order valence-corrected chi connectivity index (χ4v) is 5.21. The predicted molar refractivity (Wildman–Crippen MR) is 188 cm³/mol. The first-order valence-electron chi connectivity index (χ1n) is 18.1. The van der Waals surface area contributed by atoms with Crippen LogP contribution >= 0.6 is 0 Å². The van der Waals surface area contributed by atoms with E-state index in [1.54, 1.807) is 0 Å². The molecule has 2 N–H and O–H groups in total. The SMILES string of the molecule is C=CC(=O)OCCO.C=CC(=O)OCCOC(=O)CCCCCNC(=O)N1CCCCCC1=O.O=C1CCCCCN1C(=O)N1CCCCCC1=O. The summed E-state index contributed by atoms with van der Waals surface area (Å²) in [6, 6.07) is -0.723. The number of hydrogen-bond acceptors (Lipinski definition) is 12. The van der Waals surface area contributed by atoms with E-state index >= 15 is 0 Å². The van der Waals surface area contributed by atoms with Gasteiger partial charge >= 0.3 is 30.0 Å². The fourth-order valence-electron chi connectivity index (χ4n) is 5.21. The van der Waals surface area contributed by atoms with Crippen LogP contribution in [-0.2, 0) is 43.0 Å². The number of nitrogens with zero attached hydrogens (tertiary/aromatic N) is 3. The zero-order valence-corrected chi connectivity index (χ0v) is 30.3. The molecule has 3 rings (SSSR count). The Hall–Kier alpha value is -4.60. The molecule has 0 aliphatic carbocycles. The summed E-state index contributed by atoms with van der Waals surface area (Å²) in [7, 11) is 0. The number of urea groups is 2. The topological polar surface area (TPSA) is 206 Å². The number of rotatable bonds is 13. The maximum Gasteiger partial charge on any atom is 0.333 e. The third-order valence-corrected chi connectivity index (χ3v) is 8.02. The molecule has 0 atom stereocenters. The average Bonchev–Trinajstić information content (AvgIpc) is 3.60. The van der Waals surface area contributed by atoms with Crippen LogP contribution in [0.15, 0.2) is 25.3 Å². The van der Waals surface area contributed by atoms with E-state index in [1.807, 2.05) is 0 Å². The van der Waals surface area contributed by atoms with Gasteiger partial charge in [-0.1, -0.05) is 38.8 Å². The molecule has 3 aliphatic rings. The lowest BCUT2D eigenvalue weighted by Crippen LogP contribution is -2.48. The molecule has 0 spiro atoms. The summed E-state index contributed by atoms with van der Waals surface area (Å²) < 4.78 is 13.9. The van der Waals surface area contributed by atoms with Crippen molar-refractivity contribution in [3.63, 3.8) is 0 Å². The summed E-state index contributed by atoms with van der Waals surface area (Å²) in [5.41, 5.74) is 0. The van der Waals surface area contributed by atoms with Crippen molar-refractivity contribution < 1.29 is 57.7 Å². The number of aliphatic hydroxyl groups excluding tert-OH is 1. The summed E-state index contributed by atoms with van der Waals surface area (Å²) >= 11 is 0. The van der Waals surface area contributed by atoms with Crippen molar-refractivity contribution in [1.29, 1.82) is 0 Å². The van der Waals surface area contributed by atoms with Gasteiger partial charge in [0.25, 0.3) is 0 Å². The van der Waals surface area contributed by atoms with Crippen molar-refractivity contribution in [1.82, 2.24) is 20.0 Å². The zero-order valence-electron chi connectivity index (χ0n) is 30.3. The van der Waals surface area contributed by atoms with Gasteiger partial charge in [0, 0.05) is 64.0 Å². The van der Waals surface area contributed by atoms with Gasteiger partial charge in [-0.3, -0.25) is 33.9 Å². The number of esters is 3. The molecule has 292 valence electrons. The fraction of sp³-hybridized carbons (Fsp3) is 0.667. The first kappa shape index (κ1) is 45.4. The Morgan fingerprint density at radius 1 is 0.615 bits per heavy atom. The maximum absolute atomic E-state index is 12.3. The van der Waals surface area contributed by atoms with Gasteiger partial charge in [0.1, 0.15) is 19.8 Å². The largest absolute Gasteiger partial charge is 0.462 e. The Bertz CT molecular complexity index is 1180. The predicted octanol–water partition coefficient (Wildman–Crippen LogP) is 3.55. The summed E-state index contributed by atoms with van der Waals surface area (Å²) in [4.78, 5) is 96.0. The van der Waals surface area contributed by atoms with E-state index in [4.69, 9.17) is 9.84 Å². The molecule has 3 aliphatic heterocycles. The van der Waals surface area contributed by atoms with E-state index in [1.165, 1.54) is 14.7 Å². The van der Waals surface area contributed by atoms with Crippen LogP contribution in [0.5, 0.6) is 0 Å². The first-order chi connectivity index (χ1) is 25.0. The molecule has 16 heteroatoms. The number of nitrogens with one attached hydrogen (secondary N) is 1. The van der Waals surface area contributed by atoms with E-state index in [0.717, 1.165) is 82.8 Å². The second-order valence-electron chi connectivity index (χ2n) is 12.1. The Kier molecular flexibility index (Phi) is 24.5. The summed E-state index contributed by atoms with van der Waals surface area (Å²) in [5, 5.41) is 10.8. The minimum absolute atomic E-state index is 0.0118. The van der Waals surface area contributed by atoms with E-state index < -0.39 is 18.0 Å². The number of ether oxygens (including phenoxy) is 3. The molecule has 52 heavy (non-hydrogen) atoms. The number of likely N-dealkylation sites (tertiary alicyclic amines) is 3. The number of unbranched alkanes of at least 4 members (excludes halogenated alkanes) is 2. The van der Waals surface area contributed by atoms with Crippen molar-refractivity contribution in [2.75, 3.05) is 52.6 Å². The highest BCUT2D eigenvalue weighted by atomic mass is 16.6. The number of imide groups is 3. The van der Waals surface area contributed by atoms with Gasteiger partial charge in [0.05, 0.1) is 6.61 Å². The van der Waals surface area contributed by atoms with Crippen LogP contribution < -0.4 is 5.32 Å². The Morgan fingerprint density at radius 2 is 1.08 bits per heavy atom. The minimum Gasteiger partial charge on any atom is -0.462 e. The molecule has 0 aromatic heterocycles. The minimum atomic E-state index is -0.551. The molecule has 0 saturated carbocycles. The number of carbonyl (C=O) groups excluding carboxylic acids is 8. The molecule has 0 aromatic rings. The number of amides is 7. The van der Waals surface area contributed by atoms with Gasteiger partial charge < -0.3 is 24.6 Å². The van der Waals surface area contributed by atoms with Crippen LogP contribution in [0.4, 0.5) is 9.59 Å². The van der Waals surface area contributed by atoms with Crippen LogP contribution in [0, 0.1) is 0 Å². The smallest absolute Gasteiger partial charge is 0.333 e. The van der Waals surface area contributed by atoms with Gasteiger partial charge in [0.15, 0.2) is 0 Å². The molecular weight excluding hydrogens is 680 g/mol. The van der Waals surface area contributed by atoms with Crippen LogP contribution in [0.1, 0.15) is 103 Å². The van der Waals surface area contributed by atoms with Crippen LogP contribution in [0.25, 0.3) is 0 Å². The highest BCUT2D eigenvalue weighted by molar-refractivity contribution is 6.02. The Balaban J connectivity index is 0.000000447. The van der Waals surface area contributed by atoms with E-state index in [9.17, 15) is 38.4 Å². The average molecular weight is 737 g/mol. The third kappa shape index (κ3) is 19.7. The molecule has 0 radical (unpaired) electrons. The summed E-state index contributed by atoms with van der Waals surface area (Å²) in [6.07, 6.45) is 13.8. The van der Waals surface area contributed by atoms with Crippen LogP contribution in [0.3, 0.4) is 0 Å². The molecular formula is C36H56N4O12. The van der Waals surface area contributed by atoms with Gasteiger partial charge in [0.2, 0.25) is 17.7 Å². The van der Waals surface area contributed by atoms with Crippen molar-refractivity contribution in [2.24, 2.45) is 0 Å². The molecule has 0 unspecified atom stereocenters. The first-order valence-corrected chi connectivity index (χ1v) is 18.1. The highest BCUT2D eigenvalue weighted by Crippen LogP contribution is 2.17. The Labute approximate surface area is 305 Å². The van der Waals surface area contributed by atoms with E-state index in [2.05, 4.69) is 27.9 Å². The molecule has 16 nitrogen and oxygen atoms in total. The number of aliphatic hydroxyl groups is 1. The lowest BCUT2D eigenvalue weighted by atomic mass is 10.2. The Morgan fingerprint density at radius 3 is 1.58 bits per heavy atom. The highest BCUT2D eigenvalue weighted by Gasteiger charge is 2.31. The summed E-state index contributed by atoms with van der Waals surface area (Å²) in [6.45, 7) is 8.23. The van der Waals surface area contributed by atoms with Crippen molar-refractivity contribution in [3.8, 4) is 0 Å². The second-order valence-corrected chi connectivity index (χ2v) is 12.1. The van der Waals surface area contributed by atoms with Gasteiger partial charge in [-0.15, -0.1) is 0 Å². The lowest BCUT2D eigenvalue weighted by Gasteiger charge is -2.26. The van der Waals surface area contributed by atoms with Gasteiger partial charge in [-0.25, -0.2) is 19.2 Å². The normalized spacial score (nSPS) is 16.2. The number of carbonyl (C=O) groups is 8. The van der Waals surface area contributed by atoms with Gasteiger partial charge in [-0.05, 0) is 51.4 Å². The molecule has 3 saturated heterocycles. The lowest BCUT2D eigenvalue weighted by molar-refractivity contribution is -0.149. The monoisotopic (exact) mass is 736 g/mol. The van der Waals surface area contributed by atoms with Crippen molar-refractivity contribution in [3.05, 3.63) is 25.3 Å². The molecule has 3 heterocycles. The summed E-state index contributed by atoms with van der Waals surface area (Å²) in [5.74, 6) is -1.77. The molecule has 0 aromatic carbocycles. The quantitative estimate of drug-likeness (QED) is 0.121. The van der Waals surface area contributed by atoms with E-state index in [-0.39, 0.29) is 62.6 Å². The molecule has 0 bridgehead atoms. The zero-order chi connectivity index (χ0) is 38.6. The van der Waals surface area contributed by atoms with Crippen LogP contribution in [-0.4, -0.2) is 120 Å². The second kappa shape index (κ2) is 28.0. The molecule has 7 amide bonds. The van der Waals surface area contributed by atoms with Crippen LogP contribution in [0.2, 0.25) is 0 Å². The van der Waals surface area contributed by atoms with Crippen molar-refractivity contribution in [2.45, 2.75) is 103 Å². The standard InChI is InChI=1S/C18H28N2O6.C13H20N2O3.C5H8O3/c1-2-16(22)25-13-14-26-17(23)10-6-3-7-11-19-18(24)20-12-8-4-5-9-15(20)21;16-11-7-3-1-5-9-14(11)13(18)15-10-6-2-4-8-12(15)17;1-2-5(7)8-4-3-6/h2H,1,3-14H2,(H,19,24);1-10H2;2,6H,1,3-4H2. The maximum atomic E-state index is 12.3. The molecule has 3 fully saturated rings. The third-order valence-electron chi connectivity index (χ3n) is 8.02. The number of hydrogen-bond donors (Lipinski definition) is 2. The van der Waals surface area contributed by atoms with E-state index in [0.29, 0.717) is 51.9 Å². The van der Waals surface area contributed by atoms with Gasteiger partial charge in [-0.2, -0.15) is 0 Å². The van der Waals surface area contributed by atoms with Crippen molar-refractivity contribution >= 4 is 47.7 Å².